The molecule has 3 aliphatic rings. The van der Waals surface area contributed by atoms with E-state index in [2.05, 4.69) is 15.2 Å². The average molecular weight is 465 g/mol. The number of thioether (sulfide) groups is 1. The molecule has 2 aromatic rings. The lowest BCUT2D eigenvalue weighted by atomic mass is 9.90. The number of nitrogens with one attached hydrogen (secondary N) is 1. The van der Waals surface area contributed by atoms with Gasteiger partial charge in [-0.3, -0.25) is 19.5 Å². The van der Waals surface area contributed by atoms with Crippen molar-refractivity contribution in [3.63, 3.8) is 0 Å². The monoisotopic (exact) mass is 464 g/mol. The quantitative estimate of drug-likeness (QED) is 0.649. The van der Waals surface area contributed by atoms with Crippen LogP contribution in [0, 0.1) is 11.3 Å². The third-order valence-electron chi connectivity index (χ3n) is 7.67. The first-order valence-corrected chi connectivity index (χ1v) is 13.2. The Morgan fingerprint density at radius 3 is 2.45 bits per heavy atom. The first kappa shape index (κ1) is 22.4. The van der Waals surface area contributed by atoms with Crippen molar-refractivity contribution in [3.05, 3.63) is 54.4 Å². The molecule has 33 heavy (non-hydrogen) atoms. The van der Waals surface area contributed by atoms with E-state index in [0.29, 0.717) is 0 Å². The van der Waals surface area contributed by atoms with Crippen molar-refractivity contribution in [2.24, 2.45) is 11.3 Å². The van der Waals surface area contributed by atoms with E-state index in [1.807, 2.05) is 53.8 Å². The van der Waals surface area contributed by atoms with Gasteiger partial charge in [0, 0.05) is 42.0 Å². The molecule has 2 amide bonds. The Morgan fingerprint density at radius 1 is 1.09 bits per heavy atom. The van der Waals surface area contributed by atoms with E-state index in [0.717, 1.165) is 69.5 Å². The fraction of sp³-hybridized carbons (Fsp3) is 0.500. The number of rotatable bonds is 6. The lowest BCUT2D eigenvalue weighted by Crippen LogP contribution is -2.46. The molecule has 1 spiro atoms. The number of piperidine rings is 1. The molecule has 7 heteroatoms. The van der Waals surface area contributed by atoms with Gasteiger partial charge in [0.1, 0.15) is 6.04 Å². The first-order valence-electron chi connectivity index (χ1n) is 12.0. The predicted octanol–water partition coefficient (Wildman–Crippen LogP) is 4.21. The van der Waals surface area contributed by atoms with Gasteiger partial charge < -0.3 is 10.2 Å². The maximum Gasteiger partial charge on any atom is 0.244 e. The van der Waals surface area contributed by atoms with E-state index in [1.165, 1.54) is 4.90 Å². The second-order valence-corrected chi connectivity index (χ2v) is 10.5. The summed E-state index contributed by atoms with van der Waals surface area (Å²) in [7, 11) is 0. The molecule has 3 heterocycles. The van der Waals surface area contributed by atoms with Gasteiger partial charge in [-0.2, -0.15) is 0 Å². The minimum absolute atomic E-state index is 0.0580. The summed E-state index contributed by atoms with van der Waals surface area (Å²) in [5.74, 6) is 0.370. The molecule has 5 rings (SSSR count). The number of likely N-dealkylation sites (tertiary alicyclic amines) is 2. The van der Waals surface area contributed by atoms with Crippen LogP contribution in [-0.4, -0.2) is 59.0 Å². The van der Waals surface area contributed by atoms with Gasteiger partial charge in [0.2, 0.25) is 11.8 Å². The molecule has 174 valence electrons. The molecular formula is C26H32N4O2S. The number of pyridine rings is 1. The maximum absolute atomic E-state index is 13.6. The predicted molar refractivity (Wildman–Crippen MR) is 131 cm³/mol. The highest BCUT2D eigenvalue weighted by atomic mass is 32.2. The number of hydrogen-bond donors (Lipinski definition) is 1. The van der Waals surface area contributed by atoms with Crippen molar-refractivity contribution < 1.29 is 9.59 Å². The van der Waals surface area contributed by atoms with E-state index in [1.54, 1.807) is 18.0 Å². The van der Waals surface area contributed by atoms with Gasteiger partial charge in [-0.15, -0.1) is 11.8 Å². The normalized spacial score (nSPS) is 22.8. The lowest BCUT2D eigenvalue weighted by Gasteiger charge is -2.37. The fourth-order valence-electron chi connectivity index (χ4n) is 5.57. The third kappa shape index (κ3) is 4.66. The molecule has 2 atom stereocenters. The summed E-state index contributed by atoms with van der Waals surface area (Å²) in [6, 6.07) is 11.7. The lowest BCUT2D eigenvalue weighted by molar-refractivity contribution is -0.138. The maximum atomic E-state index is 13.6. The van der Waals surface area contributed by atoms with Crippen LogP contribution in [0.3, 0.4) is 0 Å². The van der Waals surface area contributed by atoms with Gasteiger partial charge in [0.05, 0.1) is 0 Å². The molecule has 6 nitrogen and oxygen atoms in total. The molecule has 3 fully saturated rings. The Balaban J connectivity index is 1.19. The van der Waals surface area contributed by atoms with Crippen molar-refractivity contribution in [1.82, 2.24) is 14.8 Å². The summed E-state index contributed by atoms with van der Waals surface area (Å²) in [4.78, 5) is 36.3. The Morgan fingerprint density at radius 2 is 1.82 bits per heavy atom. The van der Waals surface area contributed by atoms with Gasteiger partial charge >= 0.3 is 0 Å². The minimum atomic E-state index is -0.238. The zero-order valence-corrected chi connectivity index (χ0v) is 20.0. The average Bonchev–Trinajstić information content (AvgIpc) is 3.28. The second-order valence-electron chi connectivity index (χ2n) is 9.59. The van der Waals surface area contributed by atoms with E-state index >= 15 is 0 Å². The van der Waals surface area contributed by atoms with Crippen molar-refractivity contribution in [1.29, 1.82) is 0 Å². The highest BCUT2D eigenvalue weighted by Crippen LogP contribution is 2.59. The summed E-state index contributed by atoms with van der Waals surface area (Å²) in [5.41, 5.74) is 1.91. The van der Waals surface area contributed by atoms with Gasteiger partial charge in [-0.1, -0.05) is 6.07 Å². The third-order valence-corrected chi connectivity index (χ3v) is 8.42. The molecule has 0 bridgehead atoms. The van der Waals surface area contributed by atoms with Crippen LogP contribution in [0.25, 0.3) is 0 Å². The topological polar surface area (TPSA) is 65.5 Å². The number of anilines is 1. The van der Waals surface area contributed by atoms with Crippen LogP contribution in [0.2, 0.25) is 0 Å². The summed E-state index contributed by atoms with van der Waals surface area (Å²) in [6.07, 6.45) is 10.7. The fourth-order valence-corrected chi connectivity index (χ4v) is 5.98. The molecule has 2 aliphatic heterocycles. The molecule has 1 saturated carbocycles. The SMILES string of the molecule is CSc1ccc(NC(=O)[C@@H]2CC23CCN(C(=O)[C@H](c2cccnc2)N2CCCC2)CC3)cc1. The van der Waals surface area contributed by atoms with Crippen LogP contribution in [-0.2, 0) is 9.59 Å². The van der Waals surface area contributed by atoms with Crippen LogP contribution >= 0.6 is 11.8 Å². The number of carbonyl (C=O) groups is 2. The molecule has 1 aliphatic carbocycles. The molecule has 2 saturated heterocycles. The molecule has 0 radical (unpaired) electrons. The zero-order chi connectivity index (χ0) is 22.8. The molecular weight excluding hydrogens is 432 g/mol. The van der Waals surface area contributed by atoms with E-state index in [-0.39, 0.29) is 29.2 Å². The molecule has 1 aromatic heterocycles. The van der Waals surface area contributed by atoms with Crippen molar-refractivity contribution in [2.45, 2.75) is 43.0 Å². The van der Waals surface area contributed by atoms with Crippen molar-refractivity contribution >= 4 is 29.3 Å². The number of benzene rings is 1. The Kier molecular flexibility index (Phi) is 6.43. The van der Waals surface area contributed by atoms with E-state index in [9.17, 15) is 9.59 Å². The van der Waals surface area contributed by atoms with Crippen LogP contribution in [0.4, 0.5) is 5.69 Å². The van der Waals surface area contributed by atoms with Crippen LogP contribution in [0.5, 0.6) is 0 Å². The Labute approximate surface area is 200 Å². The van der Waals surface area contributed by atoms with Gasteiger partial charge in [-0.05, 0) is 92.8 Å². The number of amides is 2. The number of aromatic nitrogens is 1. The highest BCUT2D eigenvalue weighted by molar-refractivity contribution is 7.98. The molecule has 0 unspecified atom stereocenters. The first-order chi connectivity index (χ1) is 16.1. The van der Waals surface area contributed by atoms with Crippen molar-refractivity contribution in [3.8, 4) is 0 Å². The molecule has 1 aromatic carbocycles. The van der Waals surface area contributed by atoms with Crippen LogP contribution < -0.4 is 5.32 Å². The summed E-state index contributed by atoms with van der Waals surface area (Å²) in [6.45, 7) is 3.39. The molecule has 1 N–H and O–H groups in total. The Bertz CT molecular complexity index is 983. The largest absolute Gasteiger partial charge is 0.341 e. The smallest absolute Gasteiger partial charge is 0.244 e. The summed E-state index contributed by atoms with van der Waals surface area (Å²) in [5, 5.41) is 3.10. The van der Waals surface area contributed by atoms with Gasteiger partial charge in [0.25, 0.3) is 0 Å². The second kappa shape index (κ2) is 9.47. The zero-order valence-electron chi connectivity index (χ0n) is 19.2. The number of nitrogens with zero attached hydrogens (tertiary/aromatic N) is 3. The van der Waals surface area contributed by atoms with Gasteiger partial charge in [0.15, 0.2) is 0 Å². The highest BCUT2D eigenvalue weighted by Gasteiger charge is 2.59. The van der Waals surface area contributed by atoms with Crippen molar-refractivity contribution in [2.75, 3.05) is 37.8 Å². The minimum Gasteiger partial charge on any atom is -0.341 e. The van der Waals surface area contributed by atoms with E-state index < -0.39 is 0 Å². The standard InChI is InChI=1S/C26H32N4O2S/c1-33-21-8-6-20(7-9-21)28-24(31)22-17-26(22)10-15-30(16-11-26)25(32)23(29-13-2-3-14-29)19-5-4-12-27-18-19/h4-9,12,18,22-23H,2-3,10-11,13-17H2,1H3,(H,28,31)/t22-,23-/m0/s1. The number of carbonyl (C=O) groups excluding carboxylic acids is 2. The Hall–Kier alpha value is -2.38. The summed E-state index contributed by atoms with van der Waals surface area (Å²) >= 11 is 1.69. The van der Waals surface area contributed by atoms with E-state index in [4.69, 9.17) is 0 Å². The summed E-state index contributed by atoms with van der Waals surface area (Å²) < 4.78 is 0. The van der Waals surface area contributed by atoms with Gasteiger partial charge in [-0.25, -0.2) is 0 Å². The number of hydrogen-bond acceptors (Lipinski definition) is 5. The van der Waals surface area contributed by atoms with Crippen LogP contribution in [0.15, 0.2) is 53.7 Å². The van der Waals surface area contributed by atoms with Crippen LogP contribution in [0.1, 0.15) is 43.7 Å².